The molecule has 0 aromatic carbocycles. The van der Waals surface area contributed by atoms with Crippen molar-refractivity contribution in [3.63, 3.8) is 0 Å². The molecule has 0 saturated heterocycles. The first-order valence-electron chi connectivity index (χ1n) is 7.57. The van der Waals surface area contributed by atoms with E-state index in [2.05, 4.69) is 44.8 Å². The van der Waals surface area contributed by atoms with Crippen molar-refractivity contribution in [2.75, 3.05) is 11.5 Å². The first kappa shape index (κ1) is 15.6. The molecule has 0 radical (unpaired) electrons. The molecule has 1 aliphatic carbocycles. The Balaban J connectivity index is 1.87. The number of nitrogens with one attached hydrogen (secondary N) is 1. The minimum absolute atomic E-state index is 0.296. The highest BCUT2D eigenvalue weighted by molar-refractivity contribution is 8.13. The number of hydrogen-bond donors (Lipinski definition) is 1. The lowest BCUT2D eigenvalue weighted by molar-refractivity contribution is 0.315. The summed E-state index contributed by atoms with van der Waals surface area (Å²) in [5.41, 5.74) is 0.296. The van der Waals surface area contributed by atoms with Gasteiger partial charge in [-0.25, -0.2) is 0 Å². The molecule has 2 rings (SSSR count). The quantitative estimate of drug-likeness (QED) is 0.847. The van der Waals surface area contributed by atoms with E-state index in [4.69, 9.17) is 4.99 Å². The van der Waals surface area contributed by atoms with Gasteiger partial charge in [-0.3, -0.25) is 4.99 Å². The van der Waals surface area contributed by atoms with Gasteiger partial charge in [0.05, 0.1) is 6.04 Å². The second kappa shape index (κ2) is 6.75. The first-order valence-corrected chi connectivity index (χ1v) is 9.61. The third kappa shape index (κ3) is 4.59. The van der Waals surface area contributed by atoms with Crippen LogP contribution in [0.25, 0.3) is 0 Å². The Morgan fingerprint density at radius 3 is 2.79 bits per heavy atom. The van der Waals surface area contributed by atoms with Gasteiger partial charge < -0.3 is 5.32 Å². The van der Waals surface area contributed by atoms with E-state index in [1.807, 2.05) is 11.8 Å². The molecule has 0 amide bonds. The predicted octanol–water partition coefficient (Wildman–Crippen LogP) is 4.16. The van der Waals surface area contributed by atoms with Gasteiger partial charge in [0.1, 0.15) is 0 Å². The van der Waals surface area contributed by atoms with Gasteiger partial charge >= 0.3 is 0 Å². The third-order valence-corrected chi connectivity index (χ3v) is 6.19. The van der Waals surface area contributed by atoms with Crippen LogP contribution in [0.1, 0.15) is 53.4 Å². The highest BCUT2D eigenvalue weighted by atomic mass is 32.2. The summed E-state index contributed by atoms with van der Waals surface area (Å²) in [5.74, 6) is 2.47. The summed E-state index contributed by atoms with van der Waals surface area (Å²) >= 11 is 4.04. The van der Waals surface area contributed by atoms with Gasteiger partial charge in [0.25, 0.3) is 0 Å². The van der Waals surface area contributed by atoms with Crippen LogP contribution in [0.15, 0.2) is 4.99 Å². The molecule has 1 aliphatic heterocycles. The average Bonchev–Trinajstić information content (AvgIpc) is 2.76. The lowest BCUT2D eigenvalue weighted by atomic mass is 9.85. The van der Waals surface area contributed by atoms with Crippen molar-refractivity contribution in [1.82, 2.24) is 5.32 Å². The molecule has 19 heavy (non-hydrogen) atoms. The van der Waals surface area contributed by atoms with Gasteiger partial charge in [-0.1, -0.05) is 39.5 Å². The number of hydrogen-bond acceptors (Lipinski definition) is 4. The van der Waals surface area contributed by atoms with Crippen LogP contribution in [0, 0.1) is 5.41 Å². The van der Waals surface area contributed by atoms with Crippen molar-refractivity contribution in [2.24, 2.45) is 10.4 Å². The summed E-state index contributed by atoms with van der Waals surface area (Å²) in [7, 11) is 0. The minimum atomic E-state index is 0.296. The average molecular weight is 301 g/mol. The van der Waals surface area contributed by atoms with Gasteiger partial charge in [0.2, 0.25) is 0 Å². The third-order valence-electron chi connectivity index (χ3n) is 4.02. The highest BCUT2D eigenvalue weighted by Crippen LogP contribution is 2.32. The molecular formula is C15H28N2S2. The van der Waals surface area contributed by atoms with E-state index in [1.165, 1.54) is 42.4 Å². The van der Waals surface area contributed by atoms with E-state index in [0.29, 0.717) is 17.5 Å². The van der Waals surface area contributed by atoms with Crippen LogP contribution in [0.3, 0.4) is 0 Å². The Kier molecular flexibility index (Phi) is 5.53. The second-order valence-electron chi connectivity index (χ2n) is 6.68. The standard InChI is InChI=1S/C15H28N2S2/c1-5-18-12-7-6-11(10-12)16-14-17-13(8-9-19-14)15(2,3)4/h11-13H,5-10H2,1-4H3,(H,16,17). The van der Waals surface area contributed by atoms with Gasteiger partial charge in [-0.05, 0) is 36.9 Å². The zero-order valence-corrected chi connectivity index (χ0v) is 14.4. The topological polar surface area (TPSA) is 24.4 Å². The molecule has 1 saturated carbocycles. The van der Waals surface area contributed by atoms with Crippen molar-refractivity contribution in [2.45, 2.75) is 70.7 Å². The smallest absolute Gasteiger partial charge is 0.157 e. The van der Waals surface area contributed by atoms with E-state index in [-0.39, 0.29) is 0 Å². The Bertz CT molecular complexity index is 323. The Hall–Kier alpha value is 0.170. The molecule has 1 fully saturated rings. The van der Waals surface area contributed by atoms with Crippen LogP contribution in [0.2, 0.25) is 0 Å². The lowest BCUT2D eigenvalue weighted by Gasteiger charge is -2.31. The van der Waals surface area contributed by atoms with Gasteiger partial charge in [0.15, 0.2) is 5.17 Å². The van der Waals surface area contributed by atoms with Crippen LogP contribution in [0.4, 0.5) is 0 Å². The maximum atomic E-state index is 4.95. The molecule has 0 aromatic heterocycles. The summed E-state index contributed by atoms with van der Waals surface area (Å²) in [4.78, 5) is 4.95. The summed E-state index contributed by atoms with van der Waals surface area (Å²) in [6, 6.07) is 1.15. The summed E-state index contributed by atoms with van der Waals surface area (Å²) in [6.07, 6.45) is 5.23. The second-order valence-corrected chi connectivity index (χ2v) is 9.35. The fourth-order valence-corrected chi connectivity index (χ4v) is 4.98. The van der Waals surface area contributed by atoms with Crippen molar-refractivity contribution < 1.29 is 0 Å². The zero-order chi connectivity index (χ0) is 13.9. The highest BCUT2D eigenvalue weighted by Gasteiger charge is 2.29. The Labute approximate surface area is 127 Å². The van der Waals surface area contributed by atoms with Crippen molar-refractivity contribution in [3.05, 3.63) is 0 Å². The SMILES string of the molecule is CCSC1CCC(NC2=NC(C(C)(C)C)CCS2)C1. The largest absolute Gasteiger partial charge is 0.362 e. The molecule has 4 heteroatoms. The van der Waals surface area contributed by atoms with Gasteiger partial charge in [0, 0.05) is 17.0 Å². The fourth-order valence-electron chi connectivity index (χ4n) is 2.85. The summed E-state index contributed by atoms with van der Waals surface area (Å²) < 4.78 is 0. The number of rotatable bonds is 3. The van der Waals surface area contributed by atoms with E-state index in [9.17, 15) is 0 Å². The molecule has 1 heterocycles. The molecule has 110 valence electrons. The predicted molar refractivity (Wildman–Crippen MR) is 90.4 cm³/mol. The number of aliphatic imine (C=N–C) groups is 1. The molecule has 0 aromatic rings. The molecular weight excluding hydrogens is 272 g/mol. The first-order chi connectivity index (χ1) is 8.99. The molecule has 3 unspecified atom stereocenters. The normalized spacial score (nSPS) is 32.2. The number of thioether (sulfide) groups is 2. The van der Waals surface area contributed by atoms with E-state index in [0.717, 1.165) is 5.25 Å². The van der Waals surface area contributed by atoms with Crippen LogP contribution in [0.5, 0.6) is 0 Å². The van der Waals surface area contributed by atoms with E-state index in [1.54, 1.807) is 0 Å². The molecule has 2 nitrogen and oxygen atoms in total. The lowest BCUT2D eigenvalue weighted by Crippen LogP contribution is -2.37. The zero-order valence-electron chi connectivity index (χ0n) is 12.7. The molecule has 2 aliphatic rings. The molecule has 0 spiro atoms. The molecule has 3 atom stereocenters. The summed E-state index contributed by atoms with van der Waals surface area (Å²) in [5, 5.41) is 5.79. The van der Waals surface area contributed by atoms with Crippen LogP contribution < -0.4 is 5.32 Å². The molecule has 0 bridgehead atoms. The van der Waals surface area contributed by atoms with Crippen LogP contribution >= 0.6 is 23.5 Å². The fraction of sp³-hybridized carbons (Fsp3) is 0.933. The number of nitrogens with zero attached hydrogens (tertiary/aromatic N) is 1. The van der Waals surface area contributed by atoms with Crippen LogP contribution in [-0.2, 0) is 0 Å². The van der Waals surface area contributed by atoms with Crippen LogP contribution in [-0.4, -0.2) is 34.0 Å². The van der Waals surface area contributed by atoms with Crippen molar-refractivity contribution in [1.29, 1.82) is 0 Å². The monoisotopic (exact) mass is 300 g/mol. The number of amidine groups is 1. The maximum Gasteiger partial charge on any atom is 0.157 e. The van der Waals surface area contributed by atoms with E-state index >= 15 is 0 Å². The Morgan fingerprint density at radius 1 is 1.32 bits per heavy atom. The van der Waals surface area contributed by atoms with Crippen molar-refractivity contribution >= 4 is 28.7 Å². The van der Waals surface area contributed by atoms with Gasteiger partial charge in [-0.2, -0.15) is 11.8 Å². The molecule has 1 N–H and O–H groups in total. The maximum absolute atomic E-state index is 4.95. The van der Waals surface area contributed by atoms with Gasteiger partial charge in [-0.15, -0.1) is 0 Å². The Morgan fingerprint density at radius 2 is 2.11 bits per heavy atom. The summed E-state index contributed by atoms with van der Waals surface area (Å²) in [6.45, 7) is 9.18. The van der Waals surface area contributed by atoms with Crippen molar-refractivity contribution in [3.8, 4) is 0 Å². The van der Waals surface area contributed by atoms with E-state index < -0.39 is 0 Å². The minimum Gasteiger partial charge on any atom is -0.362 e.